The molecule has 1 aliphatic heterocycles. The molecule has 9 nitrogen and oxygen atoms in total. The number of carbonyl (C=O) groups is 1. The van der Waals surface area contributed by atoms with Crippen LogP contribution in [0.3, 0.4) is 0 Å². The molecular weight excluding hydrogens is 310 g/mol. The lowest BCUT2D eigenvalue weighted by molar-refractivity contribution is 0.0683. The van der Waals surface area contributed by atoms with Crippen molar-refractivity contribution < 1.29 is 4.79 Å². The summed E-state index contributed by atoms with van der Waals surface area (Å²) in [6.45, 7) is 3.95. The monoisotopic (exact) mass is 333 g/mol. The molecule has 0 atom stereocenters. The summed E-state index contributed by atoms with van der Waals surface area (Å²) >= 11 is 0. The van der Waals surface area contributed by atoms with E-state index in [-0.39, 0.29) is 11.6 Å². The number of rotatable bonds is 4. The topological polar surface area (TPSA) is 115 Å². The fourth-order valence-corrected chi connectivity index (χ4v) is 3.24. The minimum Gasteiger partial charge on any atom is -0.382 e. The summed E-state index contributed by atoms with van der Waals surface area (Å²) < 4.78 is 3.10. The number of nitrogen functional groups attached to an aromatic ring is 1. The maximum absolute atomic E-state index is 12.4. The van der Waals surface area contributed by atoms with Crippen molar-refractivity contribution in [1.82, 2.24) is 29.4 Å². The van der Waals surface area contributed by atoms with Crippen LogP contribution in [0, 0.1) is 5.92 Å². The Bertz CT molecular complexity index is 780. The highest BCUT2D eigenvalue weighted by Crippen LogP contribution is 2.22. The van der Waals surface area contributed by atoms with Crippen LogP contribution in [-0.4, -0.2) is 48.4 Å². The van der Waals surface area contributed by atoms with Crippen molar-refractivity contribution in [1.29, 1.82) is 0 Å². The van der Waals surface area contributed by atoms with Gasteiger partial charge in [0, 0.05) is 39.2 Å². The molecule has 1 aliphatic rings. The van der Waals surface area contributed by atoms with Crippen LogP contribution in [0.15, 0.2) is 10.9 Å². The number of piperidine rings is 1. The van der Waals surface area contributed by atoms with Crippen LogP contribution in [0.25, 0.3) is 0 Å². The molecule has 1 fully saturated rings. The summed E-state index contributed by atoms with van der Waals surface area (Å²) in [7, 11) is 1.68. The number of nitrogens with one attached hydrogen (secondary N) is 1. The fourth-order valence-electron chi connectivity index (χ4n) is 3.24. The second kappa shape index (κ2) is 6.50. The number of aromatic nitrogens is 5. The number of anilines is 1. The number of nitrogens with zero attached hydrogens (tertiary/aromatic N) is 5. The molecule has 0 saturated carbocycles. The predicted molar refractivity (Wildman–Crippen MR) is 88.5 cm³/mol. The van der Waals surface area contributed by atoms with Gasteiger partial charge in [0.2, 0.25) is 0 Å². The number of aryl methyl sites for hydroxylation is 1. The first kappa shape index (κ1) is 16.3. The summed E-state index contributed by atoms with van der Waals surface area (Å²) in [5.41, 5.74) is 5.90. The van der Waals surface area contributed by atoms with Gasteiger partial charge in [0.25, 0.3) is 5.91 Å². The zero-order valence-electron chi connectivity index (χ0n) is 14.0. The molecular formula is C15H23N7O2. The summed E-state index contributed by atoms with van der Waals surface area (Å²) in [4.78, 5) is 26.1. The first-order chi connectivity index (χ1) is 11.5. The molecule has 0 unspecified atom stereocenters. The number of hydrogen-bond acceptors (Lipinski definition) is 5. The zero-order valence-corrected chi connectivity index (χ0v) is 14.0. The van der Waals surface area contributed by atoms with Crippen molar-refractivity contribution >= 4 is 11.7 Å². The van der Waals surface area contributed by atoms with Crippen LogP contribution >= 0.6 is 0 Å². The lowest BCUT2D eigenvalue weighted by atomic mass is 9.93. The molecule has 0 aliphatic carbocycles. The Morgan fingerprint density at radius 1 is 1.42 bits per heavy atom. The number of carbonyl (C=O) groups excluding carboxylic acids is 1. The van der Waals surface area contributed by atoms with E-state index >= 15 is 0 Å². The van der Waals surface area contributed by atoms with Crippen LogP contribution in [0.1, 0.15) is 36.1 Å². The molecule has 0 radical (unpaired) electrons. The van der Waals surface area contributed by atoms with Crippen LogP contribution < -0.4 is 11.4 Å². The second-order valence-corrected chi connectivity index (χ2v) is 6.21. The molecule has 9 heteroatoms. The fraction of sp³-hybridized carbons (Fsp3) is 0.600. The average molecular weight is 333 g/mol. The molecule has 1 saturated heterocycles. The van der Waals surface area contributed by atoms with Crippen molar-refractivity contribution in [2.75, 3.05) is 18.8 Å². The third kappa shape index (κ3) is 3.06. The van der Waals surface area contributed by atoms with Gasteiger partial charge in [-0.15, -0.1) is 0 Å². The van der Waals surface area contributed by atoms with Crippen molar-refractivity contribution in [3.05, 3.63) is 28.1 Å². The third-order valence-electron chi connectivity index (χ3n) is 4.60. The molecule has 24 heavy (non-hydrogen) atoms. The van der Waals surface area contributed by atoms with E-state index in [4.69, 9.17) is 5.73 Å². The van der Waals surface area contributed by atoms with Gasteiger partial charge < -0.3 is 10.6 Å². The highest BCUT2D eigenvalue weighted by Gasteiger charge is 2.26. The van der Waals surface area contributed by atoms with Crippen molar-refractivity contribution in [3.63, 3.8) is 0 Å². The molecule has 3 heterocycles. The van der Waals surface area contributed by atoms with E-state index in [1.807, 2.05) is 11.8 Å². The number of amides is 1. The number of hydrogen-bond donors (Lipinski definition) is 2. The predicted octanol–water partition coefficient (Wildman–Crippen LogP) is 0.00190. The van der Waals surface area contributed by atoms with Crippen LogP contribution in [0.5, 0.6) is 0 Å². The van der Waals surface area contributed by atoms with Gasteiger partial charge in [0.15, 0.2) is 0 Å². The van der Waals surface area contributed by atoms with Crippen LogP contribution in [0.4, 0.5) is 5.82 Å². The SMILES string of the molecule is CCn1c(CC2CCN(C(=O)c3cc(N)n[nH]3)CC2)nn(C)c1=O. The Kier molecular flexibility index (Phi) is 4.41. The summed E-state index contributed by atoms with van der Waals surface area (Å²) in [6.07, 6.45) is 2.55. The highest BCUT2D eigenvalue weighted by molar-refractivity contribution is 5.93. The van der Waals surface area contributed by atoms with E-state index < -0.39 is 0 Å². The minimum atomic E-state index is -0.0723. The maximum atomic E-state index is 12.4. The number of H-pyrrole nitrogens is 1. The lowest BCUT2D eigenvalue weighted by Crippen LogP contribution is -2.39. The maximum Gasteiger partial charge on any atom is 0.345 e. The Balaban J connectivity index is 1.60. The van der Waals surface area contributed by atoms with Crippen LogP contribution in [0.2, 0.25) is 0 Å². The lowest BCUT2D eigenvalue weighted by Gasteiger charge is -2.31. The van der Waals surface area contributed by atoms with E-state index in [9.17, 15) is 9.59 Å². The summed E-state index contributed by atoms with van der Waals surface area (Å²) in [6, 6.07) is 1.56. The Labute approximate surface area is 139 Å². The highest BCUT2D eigenvalue weighted by atomic mass is 16.2. The first-order valence-electron chi connectivity index (χ1n) is 8.22. The molecule has 2 aromatic rings. The van der Waals surface area contributed by atoms with Crippen LogP contribution in [-0.2, 0) is 20.0 Å². The minimum absolute atomic E-state index is 0.0686. The van der Waals surface area contributed by atoms with Gasteiger partial charge in [-0.3, -0.25) is 14.5 Å². The standard InChI is InChI=1S/C15H23N7O2/c1-3-22-13(19-20(2)15(22)24)8-10-4-6-21(7-5-10)14(23)11-9-12(16)18-17-11/h9-10H,3-8H2,1-2H3,(H3,16,17,18). The van der Waals surface area contributed by atoms with Crippen molar-refractivity contribution in [2.45, 2.75) is 32.7 Å². The molecule has 3 N–H and O–H groups in total. The van der Waals surface area contributed by atoms with Gasteiger partial charge in [-0.1, -0.05) is 0 Å². The van der Waals surface area contributed by atoms with Crippen molar-refractivity contribution in [2.24, 2.45) is 13.0 Å². The van der Waals surface area contributed by atoms with Gasteiger partial charge in [-0.2, -0.15) is 10.2 Å². The molecule has 1 amide bonds. The van der Waals surface area contributed by atoms with E-state index in [0.29, 0.717) is 37.1 Å². The zero-order chi connectivity index (χ0) is 17.3. The molecule has 3 rings (SSSR count). The van der Waals surface area contributed by atoms with Gasteiger partial charge in [-0.25, -0.2) is 9.48 Å². The summed E-state index contributed by atoms with van der Waals surface area (Å²) in [5.74, 6) is 1.51. The van der Waals surface area contributed by atoms with Gasteiger partial charge in [-0.05, 0) is 25.7 Å². The van der Waals surface area contributed by atoms with Crippen molar-refractivity contribution in [3.8, 4) is 0 Å². The Hall–Kier alpha value is -2.58. The largest absolute Gasteiger partial charge is 0.382 e. The van der Waals surface area contributed by atoms with E-state index in [0.717, 1.165) is 25.1 Å². The average Bonchev–Trinajstić information content (AvgIpc) is 3.12. The number of aromatic amines is 1. The smallest absolute Gasteiger partial charge is 0.345 e. The number of nitrogens with two attached hydrogens (primary N) is 1. The second-order valence-electron chi connectivity index (χ2n) is 6.21. The Morgan fingerprint density at radius 3 is 2.71 bits per heavy atom. The van der Waals surface area contributed by atoms with Gasteiger partial charge in [0.1, 0.15) is 17.3 Å². The third-order valence-corrected chi connectivity index (χ3v) is 4.60. The Morgan fingerprint density at radius 2 is 2.12 bits per heavy atom. The molecule has 130 valence electrons. The molecule has 2 aromatic heterocycles. The van der Waals surface area contributed by atoms with E-state index in [1.54, 1.807) is 17.7 Å². The summed E-state index contributed by atoms with van der Waals surface area (Å²) in [5, 5.41) is 10.8. The number of likely N-dealkylation sites (tertiary alicyclic amines) is 1. The molecule has 0 aromatic carbocycles. The van der Waals surface area contributed by atoms with E-state index in [2.05, 4.69) is 15.3 Å². The molecule has 0 spiro atoms. The van der Waals surface area contributed by atoms with E-state index in [1.165, 1.54) is 4.68 Å². The quantitative estimate of drug-likeness (QED) is 0.817. The van der Waals surface area contributed by atoms with Gasteiger partial charge >= 0.3 is 5.69 Å². The van der Waals surface area contributed by atoms with Gasteiger partial charge in [0.05, 0.1) is 0 Å². The molecule has 0 bridgehead atoms. The normalized spacial score (nSPS) is 15.8. The first-order valence-corrected chi connectivity index (χ1v) is 8.22.